The number of nitriles is 1. The van der Waals surface area contributed by atoms with Gasteiger partial charge < -0.3 is 18.9 Å². The molecule has 0 amide bonds. The molecule has 0 radical (unpaired) electrons. The van der Waals surface area contributed by atoms with Crippen LogP contribution in [0.1, 0.15) is 16.7 Å². The summed E-state index contributed by atoms with van der Waals surface area (Å²) in [5.74, 6) is 1.57. The summed E-state index contributed by atoms with van der Waals surface area (Å²) in [4.78, 5) is 17.4. The molecular weight excluding hydrogens is 468 g/mol. The van der Waals surface area contributed by atoms with Crippen molar-refractivity contribution >= 4 is 34.8 Å². The summed E-state index contributed by atoms with van der Waals surface area (Å²) in [5.41, 5.74) is 2.78. The van der Waals surface area contributed by atoms with Crippen molar-refractivity contribution in [1.29, 1.82) is 5.26 Å². The first kappa shape index (κ1) is 22.3. The zero-order valence-corrected chi connectivity index (χ0v) is 19.2. The van der Waals surface area contributed by atoms with Crippen molar-refractivity contribution in [2.75, 3.05) is 13.7 Å². The fraction of sp³-hybridized carbons (Fsp3) is 0.0741. The summed E-state index contributed by atoms with van der Waals surface area (Å²) >= 11 is 5.97. The third-order valence-corrected chi connectivity index (χ3v) is 5.61. The molecule has 0 aromatic heterocycles. The second-order valence-corrected chi connectivity index (χ2v) is 7.93. The van der Waals surface area contributed by atoms with E-state index in [-0.39, 0.29) is 18.2 Å². The fourth-order valence-electron chi connectivity index (χ4n) is 3.72. The molecule has 0 saturated carbocycles. The number of rotatable bonds is 5. The van der Waals surface area contributed by atoms with Gasteiger partial charge in [0.1, 0.15) is 17.6 Å². The van der Waals surface area contributed by atoms with Crippen LogP contribution < -0.4 is 14.2 Å². The van der Waals surface area contributed by atoms with Gasteiger partial charge in [-0.15, -0.1) is 0 Å². The number of para-hydroxylation sites is 1. The number of halogens is 1. The van der Waals surface area contributed by atoms with E-state index in [2.05, 4.69) is 4.99 Å². The SMILES string of the molecule is COc1cc(C2=C/C(=C3/N=C(c4ccc(Cl)cc4)OC3=O)c3ccccc3O2)ccc1OCC#N. The number of methoxy groups -OCH3 is 1. The van der Waals surface area contributed by atoms with Crippen molar-refractivity contribution in [2.24, 2.45) is 4.99 Å². The van der Waals surface area contributed by atoms with E-state index < -0.39 is 5.97 Å². The largest absolute Gasteiger partial charge is 0.493 e. The van der Waals surface area contributed by atoms with Gasteiger partial charge in [-0.2, -0.15) is 5.26 Å². The number of nitrogens with zero attached hydrogens (tertiary/aromatic N) is 2. The molecule has 0 N–H and O–H groups in total. The van der Waals surface area contributed by atoms with Gasteiger partial charge in [0.2, 0.25) is 5.90 Å². The van der Waals surface area contributed by atoms with Gasteiger partial charge in [0.25, 0.3) is 0 Å². The number of hydrogen-bond donors (Lipinski definition) is 0. The second-order valence-electron chi connectivity index (χ2n) is 7.49. The molecule has 172 valence electrons. The van der Waals surface area contributed by atoms with Gasteiger partial charge >= 0.3 is 5.97 Å². The molecule has 3 aromatic rings. The van der Waals surface area contributed by atoms with Crippen LogP contribution in [0.25, 0.3) is 11.3 Å². The van der Waals surface area contributed by atoms with Crippen LogP contribution in [0.2, 0.25) is 5.02 Å². The Hall–Kier alpha value is -4.54. The molecule has 0 aliphatic carbocycles. The van der Waals surface area contributed by atoms with Gasteiger partial charge in [0, 0.05) is 27.3 Å². The maximum Gasteiger partial charge on any atom is 0.364 e. The Morgan fingerprint density at radius 2 is 1.77 bits per heavy atom. The van der Waals surface area contributed by atoms with E-state index in [1.807, 2.05) is 30.3 Å². The van der Waals surface area contributed by atoms with Gasteiger partial charge in [-0.3, -0.25) is 0 Å². The van der Waals surface area contributed by atoms with Crippen LogP contribution in [0, 0.1) is 11.3 Å². The highest BCUT2D eigenvalue weighted by Gasteiger charge is 2.30. The topological polar surface area (TPSA) is 90.1 Å². The van der Waals surface area contributed by atoms with Gasteiger partial charge in [-0.1, -0.05) is 29.8 Å². The minimum Gasteiger partial charge on any atom is -0.493 e. The number of ether oxygens (including phenoxy) is 4. The molecule has 0 saturated heterocycles. The van der Waals surface area contributed by atoms with E-state index in [9.17, 15) is 4.79 Å². The molecular formula is C27H17ClN2O5. The molecule has 7 nitrogen and oxygen atoms in total. The van der Waals surface area contributed by atoms with E-state index in [1.54, 1.807) is 48.5 Å². The van der Waals surface area contributed by atoms with Gasteiger partial charge in [0.15, 0.2) is 23.8 Å². The lowest BCUT2D eigenvalue weighted by Crippen LogP contribution is -2.08. The third kappa shape index (κ3) is 4.35. The Labute approximate surface area is 206 Å². The van der Waals surface area contributed by atoms with E-state index in [1.165, 1.54) is 7.11 Å². The minimum atomic E-state index is -0.560. The first-order valence-electron chi connectivity index (χ1n) is 10.6. The molecule has 0 unspecified atom stereocenters. The Kier molecular flexibility index (Phi) is 5.96. The van der Waals surface area contributed by atoms with Crippen molar-refractivity contribution in [1.82, 2.24) is 0 Å². The summed E-state index contributed by atoms with van der Waals surface area (Å²) in [6, 6.07) is 21.4. The molecule has 8 heteroatoms. The molecule has 5 rings (SSSR count). The third-order valence-electron chi connectivity index (χ3n) is 5.36. The average molecular weight is 485 g/mol. The fourth-order valence-corrected chi connectivity index (χ4v) is 3.84. The van der Waals surface area contributed by atoms with Crippen LogP contribution in [0.5, 0.6) is 17.2 Å². The number of hydrogen-bond acceptors (Lipinski definition) is 7. The van der Waals surface area contributed by atoms with Crippen molar-refractivity contribution in [3.05, 3.63) is 100 Å². The molecule has 2 heterocycles. The van der Waals surface area contributed by atoms with Crippen LogP contribution in [0.15, 0.2) is 83.5 Å². The van der Waals surface area contributed by atoms with E-state index in [0.29, 0.717) is 50.3 Å². The monoisotopic (exact) mass is 484 g/mol. The standard InChI is InChI=1S/C27H17ClN2O5/c1-32-24-14-17(8-11-22(24)33-13-12-29)23-15-20(19-4-2-3-5-21(19)34-23)25-27(31)35-26(30-25)16-6-9-18(28)10-7-16/h2-11,14-15H,13H2,1H3/b25-20-. The summed E-state index contributed by atoms with van der Waals surface area (Å²) < 4.78 is 22.5. The van der Waals surface area contributed by atoms with E-state index in [0.717, 1.165) is 0 Å². The van der Waals surface area contributed by atoms with Crippen molar-refractivity contribution in [3.63, 3.8) is 0 Å². The van der Waals surface area contributed by atoms with Crippen molar-refractivity contribution in [3.8, 4) is 23.3 Å². The lowest BCUT2D eigenvalue weighted by Gasteiger charge is -2.21. The quantitative estimate of drug-likeness (QED) is 0.356. The zero-order valence-electron chi connectivity index (χ0n) is 18.4. The van der Waals surface area contributed by atoms with Crippen molar-refractivity contribution < 1.29 is 23.7 Å². The number of fused-ring (bicyclic) bond motifs is 1. The van der Waals surface area contributed by atoms with Crippen LogP contribution in [0.4, 0.5) is 0 Å². The van der Waals surface area contributed by atoms with Crippen molar-refractivity contribution in [2.45, 2.75) is 0 Å². The summed E-state index contributed by atoms with van der Waals surface area (Å²) in [6.07, 6.45) is 1.75. The number of aliphatic imine (C=N–C) groups is 1. The van der Waals surface area contributed by atoms with E-state index in [4.69, 9.17) is 35.8 Å². The highest BCUT2D eigenvalue weighted by Crippen LogP contribution is 2.41. The molecule has 3 aromatic carbocycles. The summed E-state index contributed by atoms with van der Waals surface area (Å²) in [7, 11) is 1.51. The predicted molar refractivity (Wildman–Crippen MR) is 130 cm³/mol. The lowest BCUT2D eigenvalue weighted by molar-refractivity contribution is -0.129. The first-order valence-corrected chi connectivity index (χ1v) is 10.9. The number of cyclic esters (lactones) is 1. The molecule has 0 bridgehead atoms. The smallest absolute Gasteiger partial charge is 0.364 e. The van der Waals surface area contributed by atoms with Gasteiger partial charge in [-0.25, -0.2) is 9.79 Å². The Balaban J connectivity index is 1.61. The number of carbonyl (C=O) groups excluding carboxylic acids is 1. The molecule has 0 fully saturated rings. The maximum atomic E-state index is 12.9. The normalized spacial score (nSPS) is 16.3. The van der Waals surface area contributed by atoms with Crippen LogP contribution in [0.3, 0.4) is 0 Å². The van der Waals surface area contributed by atoms with Crippen LogP contribution in [-0.2, 0) is 9.53 Å². The predicted octanol–water partition coefficient (Wildman–Crippen LogP) is 5.40. The Morgan fingerprint density at radius 1 is 1.00 bits per heavy atom. The Morgan fingerprint density at radius 3 is 2.54 bits per heavy atom. The van der Waals surface area contributed by atoms with E-state index >= 15 is 0 Å². The molecule has 0 atom stereocenters. The number of carbonyl (C=O) groups is 1. The highest BCUT2D eigenvalue weighted by atomic mass is 35.5. The number of benzene rings is 3. The number of esters is 1. The minimum absolute atomic E-state index is 0.103. The second kappa shape index (κ2) is 9.37. The molecule has 2 aliphatic heterocycles. The summed E-state index contributed by atoms with van der Waals surface area (Å²) in [5, 5.41) is 9.37. The zero-order chi connectivity index (χ0) is 24.4. The van der Waals surface area contributed by atoms with Crippen LogP contribution >= 0.6 is 11.6 Å². The number of allylic oxidation sites excluding steroid dienone is 2. The molecule has 0 spiro atoms. The Bertz CT molecular complexity index is 1470. The first-order chi connectivity index (χ1) is 17.1. The lowest BCUT2D eigenvalue weighted by atomic mass is 9.97. The highest BCUT2D eigenvalue weighted by molar-refractivity contribution is 6.30. The summed E-state index contributed by atoms with van der Waals surface area (Å²) in [6.45, 7) is -0.103. The molecule has 2 aliphatic rings. The van der Waals surface area contributed by atoms with Crippen LogP contribution in [-0.4, -0.2) is 25.6 Å². The average Bonchev–Trinajstić information content (AvgIpc) is 3.28. The maximum absolute atomic E-state index is 12.9. The molecule has 35 heavy (non-hydrogen) atoms. The van der Waals surface area contributed by atoms with Gasteiger partial charge in [-0.05, 0) is 54.6 Å². The van der Waals surface area contributed by atoms with Gasteiger partial charge in [0.05, 0.1) is 7.11 Å².